The van der Waals surface area contributed by atoms with Crippen LogP contribution in [0.3, 0.4) is 0 Å². The summed E-state index contributed by atoms with van der Waals surface area (Å²) in [6.45, 7) is 0. The van der Waals surface area contributed by atoms with Crippen molar-refractivity contribution in [3.05, 3.63) is 12.2 Å². The summed E-state index contributed by atoms with van der Waals surface area (Å²) >= 11 is 0. The van der Waals surface area contributed by atoms with Gasteiger partial charge in [-0.05, 0) is 38.5 Å². The average Bonchev–Trinajstić information content (AvgIpc) is 2.70. The van der Waals surface area contributed by atoms with E-state index in [2.05, 4.69) is 17.5 Å². The molecule has 0 aromatic carbocycles. The molecule has 0 heterocycles. The Morgan fingerprint density at radius 2 is 1.44 bits per heavy atom. The summed E-state index contributed by atoms with van der Waals surface area (Å²) in [5.74, 6) is -1.06. The van der Waals surface area contributed by atoms with Crippen LogP contribution in [0.5, 0.6) is 0 Å². The Hall–Kier alpha value is -0.510. The Labute approximate surface area is 94.1 Å². The van der Waals surface area contributed by atoms with Gasteiger partial charge in [0, 0.05) is 12.1 Å². The minimum absolute atomic E-state index is 0.293. The molecule has 0 radical (unpaired) electrons. The van der Waals surface area contributed by atoms with Crippen LogP contribution in [0, 0.1) is 5.92 Å². The summed E-state index contributed by atoms with van der Waals surface area (Å²) in [6, 6.07) is 0.760. The van der Waals surface area contributed by atoms with Crippen LogP contribution in [-0.4, -0.2) is 18.3 Å². The van der Waals surface area contributed by atoms with Crippen LogP contribution < -0.4 is 5.32 Å². The van der Waals surface area contributed by atoms with Crippen molar-refractivity contribution >= 4 is 0 Å². The first-order chi connectivity index (χ1) is 7.55. The van der Waals surface area contributed by atoms with Crippen molar-refractivity contribution in [3.8, 4) is 0 Å². The number of alkyl halides is 3. The quantitative estimate of drug-likeness (QED) is 0.721. The topological polar surface area (TPSA) is 12.0 Å². The van der Waals surface area contributed by atoms with Crippen LogP contribution in [0.4, 0.5) is 13.2 Å². The molecule has 92 valence electrons. The van der Waals surface area contributed by atoms with Gasteiger partial charge in [-0.3, -0.25) is 0 Å². The second-order valence-electron chi connectivity index (χ2n) is 4.90. The monoisotopic (exact) mass is 233 g/mol. The molecule has 0 spiro atoms. The predicted octanol–water partition coefficient (Wildman–Crippen LogP) is 3.42. The van der Waals surface area contributed by atoms with Gasteiger partial charge in [-0.2, -0.15) is 13.2 Å². The lowest BCUT2D eigenvalue weighted by Gasteiger charge is -2.32. The molecule has 0 aliphatic heterocycles. The molecule has 2 rings (SSSR count). The molecule has 1 nitrogen and oxygen atoms in total. The van der Waals surface area contributed by atoms with Crippen LogP contribution in [0.15, 0.2) is 12.2 Å². The molecule has 0 aromatic rings. The van der Waals surface area contributed by atoms with E-state index in [1.807, 2.05) is 0 Å². The number of nitrogens with one attached hydrogen (secondary N) is 1. The molecule has 0 bridgehead atoms. The maximum absolute atomic E-state index is 12.4. The summed E-state index contributed by atoms with van der Waals surface area (Å²) in [4.78, 5) is 0. The van der Waals surface area contributed by atoms with Crippen molar-refractivity contribution in [1.29, 1.82) is 0 Å². The molecule has 0 amide bonds. The number of rotatable bonds is 2. The number of hydrogen-bond acceptors (Lipinski definition) is 1. The van der Waals surface area contributed by atoms with Gasteiger partial charge in [-0.25, -0.2) is 0 Å². The molecular formula is C12H18F3N. The van der Waals surface area contributed by atoms with Crippen molar-refractivity contribution in [2.24, 2.45) is 5.92 Å². The summed E-state index contributed by atoms with van der Waals surface area (Å²) in [5.41, 5.74) is 0. The Kier molecular flexibility index (Phi) is 3.57. The zero-order chi connectivity index (χ0) is 11.6. The predicted molar refractivity (Wildman–Crippen MR) is 57.1 cm³/mol. The minimum Gasteiger partial charge on any atom is -0.311 e. The first kappa shape index (κ1) is 12.0. The van der Waals surface area contributed by atoms with Crippen molar-refractivity contribution in [1.82, 2.24) is 5.32 Å². The van der Waals surface area contributed by atoms with E-state index in [9.17, 15) is 13.2 Å². The summed E-state index contributed by atoms with van der Waals surface area (Å²) < 4.78 is 37.3. The molecule has 0 saturated heterocycles. The van der Waals surface area contributed by atoms with E-state index < -0.39 is 12.1 Å². The van der Waals surface area contributed by atoms with Crippen molar-refractivity contribution in [2.75, 3.05) is 0 Å². The van der Waals surface area contributed by atoms with E-state index in [0.29, 0.717) is 37.8 Å². The van der Waals surface area contributed by atoms with Crippen molar-refractivity contribution < 1.29 is 13.2 Å². The SMILES string of the molecule is FC(F)(F)C1CCC(NC2CC=CC2)CC1. The Bertz CT molecular complexity index is 243. The van der Waals surface area contributed by atoms with Gasteiger partial charge >= 0.3 is 6.18 Å². The van der Waals surface area contributed by atoms with E-state index >= 15 is 0 Å². The highest BCUT2D eigenvalue weighted by Gasteiger charge is 2.41. The van der Waals surface area contributed by atoms with Crippen LogP contribution in [-0.2, 0) is 0 Å². The third-order valence-electron chi connectivity index (χ3n) is 3.67. The average molecular weight is 233 g/mol. The molecule has 0 atom stereocenters. The fourth-order valence-electron chi connectivity index (χ4n) is 2.67. The Morgan fingerprint density at radius 1 is 0.875 bits per heavy atom. The highest BCUT2D eigenvalue weighted by atomic mass is 19.4. The Morgan fingerprint density at radius 3 is 1.94 bits per heavy atom. The standard InChI is InChI=1S/C12H18F3N/c13-12(14,15)9-5-7-11(8-6-9)16-10-3-1-2-4-10/h1-2,9-11,16H,3-8H2. The van der Waals surface area contributed by atoms with Crippen molar-refractivity contribution in [3.63, 3.8) is 0 Å². The van der Waals surface area contributed by atoms with Crippen LogP contribution >= 0.6 is 0 Å². The maximum atomic E-state index is 12.4. The molecule has 16 heavy (non-hydrogen) atoms. The van der Waals surface area contributed by atoms with Crippen LogP contribution in [0.25, 0.3) is 0 Å². The van der Waals surface area contributed by atoms with Gasteiger partial charge < -0.3 is 5.32 Å². The smallest absolute Gasteiger partial charge is 0.311 e. The first-order valence-corrected chi connectivity index (χ1v) is 6.03. The summed E-state index contributed by atoms with van der Waals surface area (Å²) in [7, 11) is 0. The minimum atomic E-state index is -3.99. The largest absolute Gasteiger partial charge is 0.391 e. The zero-order valence-electron chi connectivity index (χ0n) is 9.26. The third-order valence-corrected chi connectivity index (χ3v) is 3.67. The van der Waals surface area contributed by atoms with Gasteiger partial charge in [0.2, 0.25) is 0 Å². The highest BCUT2D eigenvalue weighted by Crippen LogP contribution is 2.37. The van der Waals surface area contributed by atoms with Gasteiger partial charge in [-0.15, -0.1) is 0 Å². The summed E-state index contributed by atoms with van der Waals surface area (Å²) in [6.07, 6.45) is 4.26. The van der Waals surface area contributed by atoms with E-state index in [4.69, 9.17) is 0 Å². The molecule has 1 fully saturated rings. The second-order valence-corrected chi connectivity index (χ2v) is 4.90. The maximum Gasteiger partial charge on any atom is 0.391 e. The molecule has 0 aromatic heterocycles. The Balaban J connectivity index is 1.73. The molecule has 0 unspecified atom stereocenters. The van der Waals surface area contributed by atoms with Gasteiger partial charge in [0.25, 0.3) is 0 Å². The highest BCUT2D eigenvalue weighted by molar-refractivity contribution is 4.99. The van der Waals surface area contributed by atoms with Crippen LogP contribution in [0.2, 0.25) is 0 Å². The van der Waals surface area contributed by atoms with Gasteiger partial charge in [0.15, 0.2) is 0 Å². The number of hydrogen-bond donors (Lipinski definition) is 1. The lowest BCUT2D eigenvalue weighted by molar-refractivity contribution is -0.182. The molecule has 2 aliphatic rings. The lowest BCUT2D eigenvalue weighted by atomic mass is 9.85. The van der Waals surface area contributed by atoms with Gasteiger partial charge in [0.05, 0.1) is 5.92 Å². The number of halogens is 3. The van der Waals surface area contributed by atoms with E-state index in [0.717, 1.165) is 12.8 Å². The first-order valence-electron chi connectivity index (χ1n) is 6.03. The third kappa shape index (κ3) is 3.00. The lowest BCUT2D eigenvalue weighted by Crippen LogP contribution is -2.41. The van der Waals surface area contributed by atoms with Gasteiger partial charge in [0.1, 0.15) is 0 Å². The molecule has 1 N–H and O–H groups in total. The normalized spacial score (nSPS) is 32.2. The van der Waals surface area contributed by atoms with Crippen LogP contribution in [0.1, 0.15) is 38.5 Å². The molecule has 4 heteroatoms. The van der Waals surface area contributed by atoms with Gasteiger partial charge in [-0.1, -0.05) is 12.2 Å². The second kappa shape index (κ2) is 4.78. The molecular weight excluding hydrogens is 215 g/mol. The van der Waals surface area contributed by atoms with E-state index in [1.54, 1.807) is 0 Å². The molecule has 2 aliphatic carbocycles. The molecule has 1 saturated carbocycles. The summed E-state index contributed by atoms with van der Waals surface area (Å²) in [5, 5.41) is 3.46. The van der Waals surface area contributed by atoms with Crippen molar-refractivity contribution in [2.45, 2.75) is 56.8 Å². The fraction of sp³-hybridized carbons (Fsp3) is 0.833. The van der Waals surface area contributed by atoms with E-state index in [-0.39, 0.29) is 0 Å². The fourth-order valence-corrected chi connectivity index (χ4v) is 2.67. The van der Waals surface area contributed by atoms with E-state index in [1.165, 1.54) is 0 Å². The zero-order valence-corrected chi connectivity index (χ0v) is 9.26.